The number of carbonyl (C=O) groups is 1. The van der Waals surface area contributed by atoms with Gasteiger partial charge >= 0.3 is 0 Å². The predicted octanol–water partition coefficient (Wildman–Crippen LogP) is 1.93. The molecular formula is C26H49NO8. The number of rotatable bonds is 19. The third kappa shape index (κ3) is 12.6. The Bertz CT molecular complexity index is 574. The van der Waals surface area contributed by atoms with Crippen LogP contribution in [0, 0.1) is 0 Å². The normalized spacial score (nSPS) is 26.7. The van der Waals surface area contributed by atoms with Crippen molar-refractivity contribution in [1.82, 2.24) is 5.32 Å². The van der Waals surface area contributed by atoms with Gasteiger partial charge in [-0.15, -0.1) is 0 Å². The van der Waals surface area contributed by atoms with E-state index in [0.29, 0.717) is 6.42 Å². The average Bonchev–Trinajstić information content (AvgIpc) is 2.85. The molecule has 9 nitrogen and oxygen atoms in total. The largest absolute Gasteiger partial charge is 0.394 e. The molecule has 35 heavy (non-hydrogen) atoms. The minimum absolute atomic E-state index is 0.189. The summed E-state index contributed by atoms with van der Waals surface area (Å²) in [6.45, 7) is 3.50. The molecule has 0 aliphatic carbocycles. The number of hydrogen-bond donors (Lipinski definition) is 6. The molecule has 0 aromatic rings. The maximum atomic E-state index is 12.4. The third-order valence-corrected chi connectivity index (χ3v) is 6.36. The lowest BCUT2D eigenvalue weighted by atomic mass is 9.99. The second-order valence-corrected chi connectivity index (χ2v) is 9.49. The summed E-state index contributed by atoms with van der Waals surface area (Å²) in [7, 11) is 0. The molecule has 1 heterocycles. The van der Waals surface area contributed by atoms with Gasteiger partial charge < -0.3 is 40.3 Å². The van der Waals surface area contributed by atoms with Crippen LogP contribution in [0.4, 0.5) is 0 Å². The molecule has 0 spiro atoms. The molecule has 0 bridgehead atoms. The van der Waals surface area contributed by atoms with Gasteiger partial charge in [0.05, 0.1) is 25.4 Å². The molecule has 1 amide bonds. The standard InChI is InChI=1S/C26H49NO8/c1-3-5-7-8-9-10-11-12-14-15-20(29)19(27-22(30)16-13-6-4-2)18-34-26-25(33)24(32)23(31)21(17-28)35-26/h14-15,19-21,23-26,28-29,31-33H,3-13,16-18H2,1-2H3,(H,27,30)/b15-14+. The molecule has 1 rings (SSSR count). The number of hydrogen-bond acceptors (Lipinski definition) is 8. The molecule has 0 aromatic heterocycles. The van der Waals surface area contributed by atoms with E-state index < -0.39 is 49.5 Å². The Hall–Kier alpha value is -1.07. The number of amides is 1. The molecule has 1 saturated heterocycles. The van der Waals surface area contributed by atoms with Gasteiger partial charge in [0.15, 0.2) is 6.29 Å². The van der Waals surface area contributed by atoms with Crippen molar-refractivity contribution in [3.8, 4) is 0 Å². The second kappa shape index (κ2) is 19.1. The molecule has 1 aliphatic rings. The van der Waals surface area contributed by atoms with Crippen molar-refractivity contribution in [3.63, 3.8) is 0 Å². The van der Waals surface area contributed by atoms with E-state index in [1.165, 1.54) is 32.1 Å². The van der Waals surface area contributed by atoms with Crippen molar-refractivity contribution < 1.29 is 39.8 Å². The van der Waals surface area contributed by atoms with E-state index in [4.69, 9.17) is 9.47 Å². The lowest BCUT2D eigenvalue weighted by molar-refractivity contribution is -0.302. The summed E-state index contributed by atoms with van der Waals surface area (Å²) in [6, 6.07) is -0.790. The van der Waals surface area contributed by atoms with E-state index in [-0.39, 0.29) is 12.5 Å². The van der Waals surface area contributed by atoms with Crippen LogP contribution in [0.2, 0.25) is 0 Å². The average molecular weight is 504 g/mol. The fraction of sp³-hybridized carbons (Fsp3) is 0.885. The first-order chi connectivity index (χ1) is 16.8. The first kappa shape index (κ1) is 32.0. The summed E-state index contributed by atoms with van der Waals surface area (Å²) in [6.07, 6.45) is 7.78. The lowest BCUT2D eigenvalue weighted by Gasteiger charge is -2.40. The smallest absolute Gasteiger partial charge is 0.220 e. The van der Waals surface area contributed by atoms with E-state index in [1.54, 1.807) is 6.08 Å². The molecule has 7 unspecified atom stereocenters. The van der Waals surface area contributed by atoms with E-state index in [0.717, 1.165) is 38.5 Å². The predicted molar refractivity (Wildman–Crippen MR) is 134 cm³/mol. The van der Waals surface area contributed by atoms with E-state index in [1.807, 2.05) is 6.08 Å². The highest BCUT2D eigenvalue weighted by Crippen LogP contribution is 2.22. The van der Waals surface area contributed by atoms with Gasteiger partial charge in [0.1, 0.15) is 24.4 Å². The summed E-state index contributed by atoms with van der Waals surface area (Å²) < 4.78 is 10.9. The molecule has 0 saturated carbocycles. The zero-order chi connectivity index (χ0) is 26.1. The van der Waals surface area contributed by atoms with Crippen LogP contribution in [-0.4, -0.2) is 87.5 Å². The van der Waals surface area contributed by atoms with Gasteiger partial charge in [-0.1, -0.05) is 77.4 Å². The van der Waals surface area contributed by atoms with Crippen LogP contribution in [0.1, 0.15) is 90.9 Å². The number of aliphatic hydroxyl groups excluding tert-OH is 5. The van der Waals surface area contributed by atoms with E-state index in [2.05, 4.69) is 19.2 Å². The molecule has 1 fully saturated rings. The zero-order valence-electron chi connectivity index (χ0n) is 21.6. The van der Waals surface area contributed by atoms with E-state index >= 15 is 0 Å². The Morgan fingerprint density at radius 2 is 1.57 bits per heavy atom. The monoisotopic (exact) mass is 503 g/mol. The fourth-order valence-electron chi connectivity index (χ4n) is 4.03. The van der Waals surface area contributed by atoms with Crippen LogP contribution in [0.25, 0.3) is 0 Å². The number of aliphatic hydroxyl groups is 5. The van der Waals surface area contributed by atoms with Crippen LogP contribution in [0.3, 0.4) is 0 Å². The Morgan fingerprint density at radius 3 is 2.23 bits per heavy atom. The first-order valence-electron chi connectivity index (χ1n) is 13.4. The van der Waals surface area contributed by atoms with E-state index in [9.17, 15) is 30.3 Å². The highest BCUT2D eigenvalue weighted by atomic mass is 16.7. The topological polar surface area (TPSA) is 149 Å². The van der Waals surface area contributed by atoms with Gasteiger partial charge in [-0.3, -0.25) is 4.79 Å². The minimum atomic E-state index is -1.56. The summed E-state index contributed by atoms with van der Waals surface area (Å²) in [5.41, 5.74) is 0. The molecular weight excluding hydrogens is 454 g/mol. The number of nitrogens with one attached hydrogen (secondary N) is 1. The maximum absolute atomic E-state index is 12.4. The number of carbonyl (C=O) groups excluding carboxylic acids is 1. The van der Waals surface area contributed by atoms with Gasteiger partial charge in [-0.25, -0.2) is 0 Å². The Morgan fingerprint density at radius 1 is 0.943 bits per heavy atom. The Kier molecular flexibility index (Phi) is 17.4. The first-order valence-corrected chi connectivity index (χ1v) is 13.4. The van der Waals surface area contributed by atoms with Gasteiger partial charge in [0.25, 0.3) is 0 Å². The molecule has 7 atom stereocenters. The number of unbranched alkanes of at least 4 members (excludes halogenated alkanes) is 9. The molecule has 9 heteroatoms. The fourth-order valence-corrected chi connectivity index (χ4v) is 4.03. The van der Waals surface area contributed by atoms with Gasteiger partial charge in [0.2, 0.25) is 5.91 Å². The summed E-state index contributed by atoms with van der Waals surface area (Å²) in [5, 5.41) is 52.9. The quantitative estimate of drug-likeness (QED) is 0.116. The van der Waals surface area contributed by atoms with Crippen LogP contribution in [-0.2, 0) is 14.3 Å². The van der Waals surface area contributed by atoms with Crippen molar-refractivity contribution in [2.75, 3.05) is 13.2 Å². The summed E-state index contributed by atoms with van der Waals surface area (Å²) >= 11 is 0. The van der Waals surface area contributed by atoms with Gasteiger partial charge in [-0.2, -0.15) is 0 Å². The molecule has 0 aromatic carbocycles. The molecule has 0 radical (unpaired) electrons. The van der Waals surface area contributed by atoms with Crippen molar-refractivity contribution in [2.24, 2.45) is 0 Å². The van der Waals surface area contributed by atoms with Gasteiger partial charge in [-0.05, 0) is 19.3 Å². The Balaban J connectivity index is 2.61. The van der Waals surface area contributed by atoms with Crippen LogP contribution in [0.15, 0.2) is 12.2 Å². The number of ether oxygens (including phenoxy) is 2. The third-order valence-electron chi connectivity index (χ3n) is 6.36. The minimum Gasteiger partial charge on any atom is -0.394 e. The summed E-state index contributed by atoms with van der Waals surface area (Å²) in [4.78, 5) is 12.4. The zero-order valence-corrected chi connectivity index (χ0v) is 21.6. The van der Waals surface area contributed by atoms with Crippen LogP contribution in [0.5, 0.6) is 0 Å². The molecule has 206 valence electrons. The van der Waals surface area contributed by atoms with Crippen LogP contribution >= 0.6 is 0 Å². The highest BCUT2D eigenvalue weighted by Gasteiger charge is 2.44. The van der Waals surface area contributed by atoms with Crippen LogP contribution < -0.4 is 5.32 Å². The van der Waals surface area contributed by atoms with Crippen molar-refractivity contribution in [3.05, 3.63) is 12.2 Å². The van der Waals surface area contributed by atoms with Crippen molar-refractivity contribution in [2.45, 2.75) is 134 Å². The molecule has 1 aliphatic heterocycles. The number of allylic oxidation sites excluding steroid dienone is 1. The second-order valence-electron chi connectivity index (χ2n) is 9.49. The summed E-state index contributed by atoms with van der Waals surface area (Å²) in [5.74, 6) is -0.208. The SMILES string of the molecule is CCCCCCCCC/C=C/C(O)C(COC1OC(CO)C(O)C(O)C1O)NC(=O)CCCCC. The van der Waals surface area contributed by atoms with Crippen molar-refractivity contribution >= 4 is 5.91 Å². The Labute approximate surface area is 210 Å². The lowest BCUT2D eigenvalue weighted by Crippen LogP contribution is -2.60. The highest BCUT2D eigenvalue weighted by molar-refractivity contribution is 5.76. The maximum Gasteiger partial charge on any atom is 0.220 e. The van der Waals surface area contributed by atoms with Gasteiger partial charge in [0, 0.05) is 6.42 Å². The molecule has 6 N–H and O–H groups in total. The van der Waals surface area contributed by atoms with Crippen molar-refractivity contribution in [1.29, 1.82) is 0 Å².